The van der Waals surface area contributed by atoms with Crippen molar-refractivity contribution < 1.29 is 9.53 Å². The Kier molecular flexibility index (Phi) is 5.20. The van der Waals surface area contributed by atoms with E-state index in [1.165, 1.54) is 19.3 Å². The zero-order chi connectivity index (χ0) is 16.1. The van der Waals surface area contributed by atoms with Crippen LogP contribution in [0.3, 0.4) is 0 Å². The van der Waals surface area contributed by atoms with Crippen LogP contribution in [-0.2, 0) is 11.3 Å². The van der Waals surface area contributed by atoms with E-state index in [-0.39, 0.29) is 17.7 Å². The number of rotatable bonds is 4. The molecular weight excluding hydrogens is 292 g/mol. The smallest absolute Gasteiger partial charge is 0.317 e. The number of amides is 2. The third-order valence-electron chi connectivity index (χ3n) is 5.16. The number of hydrogen-bond donors (Lipinski definition) is 1. The molecule has 1 saturated carbocycles. The Bertz CT molecular complexity index is 491. The van der Waals surface area contributed by atoms with E-state index < -0.39 is 0 Å². The highest BCUT2D eigenvalue weighted by Gasteiger charge is 2.39. The first-order chi connectivity index (χ1) is 11.2. The second-order valence-electron chi connectivity index (χ2n) is 6.92. The fraction of sp³-hybridized carbons (Fsp3) is 0.765. The Morgan fingerprint density at radius 1 is 1.43 bits per heavy atom. The highest BCUT2D eigenvalue weighted by atomic mass is 16.5. The lowest BCUT2D eigenvalue weighted by Crippen LogP contribution is -2.52. The molecule has 128 valence electrons. The van der Waals surface area contributed by atoms with Crippen molar-refractivity contribution in [2.75, 3.05) is 20.2 Å². The Morgan fingerprint density at radius 2 is 2.26 bits per heavy atom. The molecule has 0 bridgehead atoms. The minimum atomic E-state index is 0.00927. The number of hydrogen-bond acceptors (Lipinski definition) is 3. The monoisotopic (exact) mass is 320 g/mol. The van der Waals surface area contributed by atoms with Crippen molar-refractivity contribution in [3.63, 3.8) is 0 Å². The van der Waals surface area contributed by atoms with Crippen LogP contribution in [0.15, 0.2) is 18.5 Å². The highest BCUT2D eigenvalue weighted by molar-refractivity contribution is 5.74. The lowest BCUT2D eigenvalue weighted by molar-refractivity contribution is -0.108. The first kappa shape index (κ1) is 16.3. The maximum atomic E-state index is 12.4. The van der Waals surface area contributed by atoms with Gasteiger partial charge in [0, 0.05) is 38.6 Å². The van der Waals surface area contributed by atoms with Gasteiger partial charge >= 0.3 is 6.03 Å². The van der Waals surface area contributed by atoms with Crippen LogP contribution < -0.4 is 5.32 Å². The van der Waals surface area contributed by atoms with E-state index in [9.17, 15) is 4.79 Å². The number of likely N-dealkylation sites (N-methyl/N-ethyl adjacent to an activating group) is 1. The van der Waals surface area contributed by atoms with Gasteiger partial charge in [0.05, 0.1) is 12.1 Å². The molecule has 3 rings (SSSR count). The van der Waals surface area contributed by atoms with Crippen LogP contribution in [-0.4, -0.2) is 52.6 Å². The van der Waals surface area contributed by atoms with E-state index in [0.29, 0.717) is 13.1 Å². The zero-order valence-electron chi connectivity index (χ0n) is 14.0. The van der Waals surface area contributed by atoms with Crippen LogP contribution >= 0.6 is 0 Å². The molecule has 1 N–H and O–H groups in total. The molecule has 1 aromatic heterocycles. The predicted octanol–water partition coefficient (Wildman–Crippen LogP) is 2.41. The number of urea groups is 1. The minimum Gasteiger partial charge on any atom is -0.375 e. The minimum absolute atomic E-state index is 0.00927. The van der Waals surface area contributed by atoms with Gasteiger partial charge in [-0.1, -0.05) is 19.3 Å². The normalized spacial score (nSPS) is 23.6. The second kappa shape index (κ2) is 7.34. The summed E-state index contributed by atoms with van der Waals surface area (Å²) in [6, 6.07) is 2.14. The van der Waals surface area contributed by atoms with Gasteiger partial charge in [-0.3, -0.25) is 4.68 Å². The number of carbonyl (C=O) groups is 1. The van der Waals surface area contributed by atoms with Crippen LogP contribution in [0.5, 0.6) is 0 Å². The summed E-state index contributed by atoms with van der Waals surface area (Å²) < 4.78 is 7.94. The van der Waals surface area contributed by atoms with Crippen molar-refractivity contribution in [1.82, 2.24) is 20.0 Å². The standard InChI is InChI=1S/C17H28N4O2/c1-20(11-12-21-10-5-9-18-21)16(22)19-15-6-13-23-17(14-15)7-3-2-4-8-17/h5,9-10,15H,2-4,6-8,11-14H2,1H3,(H,19,22). The molecule has 1 aliphatic heterocycles. The molecule has 2 amide bonds. The molecule has 6 nitrogen and oxygen atoms in total. The second-order valence-corrected chi connectivity index (χ2v) is 6.92. The molecular formula is C17H28N4O2. The summed E-state index contributed by atoms with van der Waals surface area (Å²) in [5, 5.41) is 7.36. The maximum absolute atomic E-state index is 12.4. The number of carbonyl (C=O) groups excluding carboxylic acids is 1. The van der Waals surface area contributed by atoms with Crippen LogP contribution in [0.1, 0.15) is 44.9 Å². The van der Waals surface area contributed by atoms with E-state index in [1.807, 2.05) is 24.0 Å². The zero-order valence-corrected chi connectivity index (χ0v) is 14.0. The predicted molar refractivity (Wildman–Crippen MR) is 88.2 cm³/mol. The molecule has 1 atom stereocenters. The summed E-state index contributed by atoms with van der Waals surface area (Å²) in [6.07, 6.45) is 11.7. The quantitative estimate of drug-likeness (QED) is 0.927. The van der Waals surface area contributed by atoms with Gasteiger partial charge < -0.3 is 15.0 Å². The molecule has 0 aromatic carbocycles. The van der Waals surface area contributed by atoms with Gasteiger partial charge in [-0.15, -0.1) is 0 Å². The van der Waals surface area contributed by atoms with E-state index in [1.54, 1.807) is 11.1 Å². The molecule has 1 aliphatic carbocycles. The summed E-state index contributed by atoms with van der Waals surface area (Å²) in [6.45, 7) is 2.14. The number of aromatic nitrogens is 2. The third kappa shape index (κ3) is 4.25. The Hall–Kier alpha value is -1.56. The maximum Gasteiger partial charge on any atom is 0.317 e. The topological polar surface area (TPSA) is 59.4 Å². The van der Waals surface area contributed by atoms with Gasteiger partial charge in [-0.05, 0) is 31.7 Å². The molecule has 2 aliphatic rings. The number of nitrogens with zero attached hydrogens (tertiary/aromatic N) is 3. The first-order valence-electron chi connectivity index (χ1n) is 8.80. The van der Waals surface area contributed by atoms with E-state index in [0.717, 1.165) is 32.3 Å². The summed E-state index contributed by atoms with van der Waals surface area (Å²) >= 11 is 0. The summed E-state index contributed by atoms with van der Waals surface area (Å²) in [5.74, 6) is 0. The molecule has 0 radical (unpaired) electrons. The Labute approximate surface area is 138 Å². The largest absolute Gasteiger partial charge is 0.375 e. The molecule has 2 heterocycles. The number of ether oxygens (including phenoxy) is 1. The van der Waals surface area contributed by atoms with Gasteiger partial charge in [-0.25, -0.2) is 4.79 Å². The highest BCUT2D eigenvalue weighted by Crippen LogP contribution is 2.38. The molecule has 6 heteroatoms. The Balaban J connectivity index is 1.46. The lowest BCUT2D eigenvalue weighted by Gasteiger charge is -2.43. The summed E-state index contributed by atoms with van der Waals surface area (Å²) in [4.78, 5) is 14.1. The SMILES string of the molecule is CN(CCn1cccn1)C(=O)NC1CCOC2(CCCCC2)C1. The molecule has 1 unspecified atom stereocenters. The van der Waals surface area contributed by atoms with Gasteiger partial charge in [0.25, 0.3) is 0 Å². The molecule has 1 saturated heterocycles. The van der Waals surface area contributed by atoms with Crippen molar-refractivity contribution in [1.29, 1.82) is 0 Å². The average Bonchev–Trinajstić information content (AvgIpc) is 3.07. The van der Waals surface area contributed by atoms with Crippen molar-refractivity contribution in [2.45, 2.75) is 63.1 Å². The van der Waals surface area contributed by atoms with Crippen LogP contribution in [0.2, 0.25) is 0 Å². The van der Waals surface area contributed by atoms with E-state index >= 15 is 0 Å². The van der Waals surface area contributed by atoms with E-state index in [2.05, 4.69) is 10.4 Å². The van der Waals surface area contributed by atoms with Crippen LogP contribution in [0.25, 0.3) is 0 Å². The fourth-order valence-corrected chi connectivity index (χ4v) is 3.77. The fourth-order valence-electron chi connectivity index (χ4n) is 3.77. The third-order valence-corrected chi connectivity index (χ3v) is 5.16. The van der Waals surface area contributed by atoms with Crippen molar-refractivity contribution >= 4 is 6.03 Å². The molecule has 1 spiro atoms. The number of nitrogens with one attached hydrogen (secondary N) is 1. The van der Waals surface area contributed by atoms with Crippen LogP contribution in [0.4, 0.5) is 4.79 Å². The van der Waals surface area contributed by atoms with E-state index in [4.69, 9.17) is 4.74 Å². The first-order valence-corrected chi connectivity index (χ1v) is 8.80. The van der Waals surface area contributed by atoms with Crippen molar-refractivity contribution in [2.24, 2.45) is 0 Å². The Morgan fingerprint density at radius 3 is 3.00 bits per heavy atom. The molecule has 23 heavy (non-hydrogen) atoms. The summed E-state index contributed by atoms with van der Waals surface area (Å²) in [5.41, 5.74) is 0.0298. The molecule has 2 fully saturated rings. The van der Waals surface area contributed by atoms with Crippen molar-refractivity contribution in [3.05, 3.63) is 18.5 Å². The van der Waals surface area contributed by atoms with Crippen molar-refractivity contribution in [3.8, 4) is 0 Å². The van der Waals surface area contributed by atoms with Gasteiger partial charge in [0.15, 0.2) is 0 Å². The van der Waals surface area contributed by atoms with Gasteiger partial charge in [-0.2, -0.15) is 5.10 Å². The average molecular weight is 320 g/mol. The lowest BCUT2D eigenvalue weighted by atomic mass is 9.78. The van der Waals surface area contributed by atoms with Gasteiger partial charge in [0.1, 0.15) is 0 Å². The summed E-state index contributed by atoms with van der Waals surface area (Å²) in [7, 11) is 1.84. The van der Waals surface area contributed by atoms with Crippen LogP contribution in [0, 0.1) is 0 Å². The van der Waals surface area contributed by atoms with Gasteiger partial charge in [0.2, 0.25) is 0 Å². The molecule has 1 aromatic rings.